The fourth-order valence-corrected chi connectivity index (χ4v) is 1.55. The number of halogens is 1. The van der Waals surface area contributed by atoms with Crippen molar-refractivity contribution in [2.75, 3.05) is 0 Å². The standard InChI is InChI=1S/C11H8FNO2/c1-6-5-13-9-3-2-7(12)4-8(9)10(6)11(14)15/h2-5H,1H3,(H,14,15). The summed E-state index contributed by atoms with van der Waals surface area (Å²) in [5.41, 5.74) is 1.12. The molecule has 3 nitrogen and oxygen atoms in total. The van der Waals surface area contributed by atoms with Crippen molar-refractivity contribution in [2.45, 2.75) is 6.92 Å². The van der Waals surface area contributed by atoms with Crippen molar-refractivity contribution in [3.63, 3.8) is 0 Å². The van der Waals surface area contributed by atoms with E-state index in [0.29, 0.717) is 16.5 Å². The van der Waals surface area contributed by atoms with Crippen molar-refractivity contribution in [3.8, 4) is 0 Å². The first kappa shape index (κ1) is 9.58. The van der Waals surface area contributed by atoms with Gasteiger partial charge in [0.2, 0.25) is 0 Å². The Balaban J connectivity index is 2.90. The molecular formula is C11H8FNO2. The van der Waals surface area contributed by atoms with Crippen LogP contribution in [0.2, 0.25) is 0 Å². The van der Waals surface area contributed by atoms with Gasteiger partial charge < -0.3 is 5.11 Å². The van der Waals surface area contributed by atoms with Gasteiger partial charge in [0.05, 0.1) is 11.1 Å². The minimum Gasteiger partial charge on any atom is -0.478 e. The quantitative estimate of drug-likeness (QED) is 0.777. The van der Waals surface area contributed by atoms with Gasteiger partial charge in [0.25, 0.3) is 0 Å². The van der Waals surface area contributed by atoms with Crippen molar-refractivity contribution < 1.29 is 14.3 Å². The second-order valence-corrected chi connectivity index (χ2v) is 3.28. The Morgan fingerprint density at radius 2 is 2.20 bits per heavy atom. The molecule has 0 atom stereocenters. The van der Waals surface area contributed by atoms with E-state index in [-0.39, 0.29) is 5.56 Å². The monoisotopic (exact) mass is 205 g/mol. The first-order valence-electron chi connectivity index (χ1n) is 4.38. The Morgan fingerprint density at radius 1 is 1.47 bits per heavy atom. The number of aromatic carboxylic acids is 1. The number of carbonyl (C=O) groups is 1. The highest BCUT2D eigenvalue weighted by Gasteiger charge is 2.12. The molecule has 0 aliphatic heterocycles. The summed E-state index contributed by atoms with van der Waals surface area (Å²) in [5, 5.41) is 9.34. The van der Waals surface area contributed by atoms with Crippen molar-refractivity contribution in [1.29, 1.82) is 0 Å². The Hall–Kier alpha value is -1.97. The number of aromatic nitrogens is 1. The molecule has 15 heavy (non-hydrogen) atoms. The minimum absolute atomic E-state index is 0.111. The molecule has 0 amide bonds. The average Bonchev–Trinajstić information content (AvgIpc) is 2.16. The highest BCUT2D eigenvalue weighted by molar-refractivity contribution is 6.03. The molecule has 0 unspecified atom stereocenters. The largest absolute Gasteiger partial charge is 0.478 e. The topological polar surface area (TPSA) is 50.2 Å². The smallest absolute Gasteiger partial charge is 0.336 e. The molecule has 2 rings (SSSR count). The number of aryl methyl sites for hydroxylation is 1. The van der Waals surface area contributed by atoms with Gasteiger partial charge in [0.15, 0.2) is 0 Å². The Morgan fingerprint density at radius 3 is 2.87 bits per heavy atom. The minimum atomic E-state index is -1.06. The van der Waals surface area contributed by atoms with Crippen LogP contribution in [0.4, 0.5) is 4.39 Å². The molecule has 0 saturated heterocycles. The Bertz CT molecular complexity index is 546. The molecule has 0 aliphatic rings. The molecule has 1 aromatic carbocycles. The highest BCUT2D eigenvalue weighted by Crippen LogP contribution is 2.20. The van der Waals surface area contributed by atoms with Crippen LogP contribution in [0, 0.1) is 12.7 Å². The number of pyridine rings is 1. The number of carboxylic acids is 1. The molecule has 0 spiro atoms. The lowest BCUT2D eigenvalue weighted by Gasteiger charge is -2.04. The molecule has 0 bridgehead atoms. The number of carboxylic acid groups (broad SMARTS) is 1. The van der Waals surface area contributed by atoms with Crippen molar-refractivity contribution >= 4 is 16.9 Å². The third-order valence-electron chi connectivity index (χ3n) is 2.23. The lowest BCUT2D eigenvalue weighted by Crippen LogP contribution is -2.02. The molecule has 1 aromatic heterocycles. The van der Waals surface area contributed by atoms with Gasteiger partial charge in [-0.1, -0.05) is 0 Å². The maximum absolute atomic E-state index is 13.0. The van der Waals surface area contributed by atoms with Crippen LogP contribution in [-0.2, 0) is 0 Å². The number of hydrogen-bond acceptors (Lipinski definition) is 2. The third-order valence-corrected chi connectivity index (χ3v) is 2.23. The summed E-state index contributed by atoms with van der Waals surface area (Å²) < 4.78 is 13.0. The lowest BCUT2D eigenvalue weighted by atomic mass is 10.0. The zero-order valence-corrected chi connectivity index (χ0v) is 7.99. The van der Waals surface area contributed by atoms with Crippen LogP contribution in [-0.4, -0.2) is 16.1 Å². The van der Waals surface area contributed by atoms with Gasteiger partial charge in [-0.2, -0.15) is 0 Å². The van der Waals surface area contributed by atoms with E-state index >= 15 is 0 Å². The molecular weight excluding hydrogens is 197 g/mol. The Labute approximate surface area is 85.2 Å². The molecule has 0 fully saturated rings. The summed E-state index contributed by atoms with van der Waals surface area (Å²) in [4.78, 5) is 15.0. The van der Waals surface area contributed by atoms with E-state index < -0.39 is 11.8 Å². The predicted molar refractivity (Wildman–Crippen MR) is 53.4 cm³/mol. The van der Waals surface area contributed by atoms with Crippen LogP contribution in [0.3, 0.4) is 0 Å². The molecule has 0 aliphatic carbocycles. The number of nitrogens with zero attached hydrogens (tertiary/aromatic N) is 1. The van der Waals surface area contributed by atoms with Gasteiger partial charge in [-0.15, -0.1) is 0 Å². The first-order valence-corrected chi connectivity index (χ1v) is 4.38. The van der Waals surface area contributed by atoms with Crippen molar-refractivity contribution in [1.82, 2.24) is 4.98 Å². The number of fused-ring (bicyclic) bond motifs is 1. The van der Waals surface area contributed by atoms with Crippen molar-refractivity contribution in [3.05, 3.63) is 41.3 Å². The number of hydrogen-bond donors (Lipinski definition) is 1. The second-order valence-electron chi connectivity index (χ2n) is 3.28. The summed E-state index contributed by atoms with van der Waals surface area (Å²) in [7, 11) is 0. The van der Waals surface area contributed by atoms with Gasteiger partial charge >= 0.3 is 5.97 Å². The molecule has 2 aromatic rings. The van der Waals surface area contributed by atoms with E-state index in [2.05, 4.69) is 4.98 Å². The van der Waals surface area contributed by atoms with Gasteiger partial charge in [-0.25, -0.2) is 9.18 Å². The zero-order chi connectivity index (χ0) is 11.0. The molecule has 76 valence electrons. The van der Waals surface area contributed by atoms with E-state index in [0.717, 1.165) is 0 Å². The van der Waals surface area contributed by atoms with Gasteiger partial charge in [0.1, 0.15) is 5.82 Å². The summed E-state index contributed by atoms with van der Waals surface area (Å²) in [6.07, 6.45) is 1.48. The summed E-state index contributed by atoms with van der Waals surface area (Å²) >= 11 is 0. The van der Waals surface area contributed by atoms with Gasteiger partial charge in [-0.3, -0.25) is 4.98 Å². The first-order chi connectivity index (χ1) is 7.09. The van der Waals surface area contributed by atoms with Crippen LogP contribution in [0.5, 0.6) is 0 Å². The molecule has 4 heteroatoms. The fourth-order valence-electron chi connectivity index (χ4n) is 1.55. The van der Waals surface area contributed by atoms with Crippen LogP contribution in [0.25, 0.3) is 10.9 Å². The third kappa shape index (κ3) is 1.54. The van der Waals surface area contributed by atoms with E-state index in [1.807, 2.05) is 0 Å². The lowest BCUT2D eigenvalue weighted by molar-refractivity contribution is 0.0698. The highest BCUT2D eigenvalue weighted by atomic mass is 19.1. The second kappa shape index (κ2) is 3.31. The fraction of sp³-hybridized carbons (Fsp3) is 0.0909. The van der Waals surface area contributed by atoms with Gasteiger partial charge in [0, 0.05) is 11.6 Å². The van der Waals surface area contributed by atoms with E-state index in [4.69, 9.17) is 5.11 Å². The SMILES string of the molecule is Cc1cnc2ccc(F)cc2c1C(=O)O. The zero-order valence-electron chi connectivity index (χ0n) is 7.99. The number of rotatable bonds is 1. The number of benzene rings is 1. The molecule has 1 N–H and O–H groups in total. The van der Waals surface area contributed by atoms with E-state index in [1.54, 1.807) is 6.92 Å². The summed E-state index contributed by atoms with van der Waals surface area (Å²) in [5.74, 6) is -1.53. The van der Waals surface area contributed by atoms with Crippen LogP contribution in [0.15, 0.2) is 24.4 Å². The maximum atomic E-state index is 13.0. The van der Waals surface area contributed by atoms with Crippen LogP contribution in [0.1, 0.15) is 15.9 Å². The van der Waals surface area contributed by atoms with Crippen LogP contribution >= 0.6 is 0 Å². The van der Waals surface area contributed by atoms with Crippen molar-refractivity contribution in [2.24, 2.45) is 0 Å². The van der Waals surface area contributed by atoms with E-state index in [1.165, 1.54) is 24.4 Å². The predicted octanol–water partition coefficient (Wildman–Crippen LogP) is 2.38. The Kier molecular flexibility index (Phi) is 2.11. The molecule has 0 saturated carbocycles. The summed E-state index contributed by atoms with van der Waals surface area (Å²) in [6, 6.07) is 3.92. The van der Waals surface area contributed by atoms with Gasteiger partial charge in [-0.05, 0) is 30.7 Å². The maximum Gasteiger partial charge on any atom is 0.336 e. The van der Waals surface area contributed by atoms with E-state index in [9.17, 15) is 9.18 Å². The normalized spacial score (nSPS) is 10.5. The summed E-state index contributed by atoms with van der Waals surface area (Å²) in [6.45, 7) is 1.64. The average molecular weight is 205 g/mol. The molecule has 0 radical (unpaired) electrons. The van der Waals surface area contributed by atoms with Crippen LogP contribution < -0.4 is 0 Å². The molecule has 1 heterocycles.